The normalized spacial score (nSPS) is 13.8. The fraction of sp³-hybridized carbons (Fsp3) is 0.130. The van der Waals surface area contributed by atoms with Gasteiger partial charge in [0.2, 0.25) is 0 Å². The fourth-order valence-corrected chi connectivity index (χ4v) is 4.15. The van der Waals surface area contributed by atoms with E-state index in [2.05, 4.69) is 5.32 Å². The molecule has 6 nitrogen and oxygen atoms in total. The number of aryl methyl sites for hydroxylation is 1. The van der Waals surface area contributed by atoms with Gasteiger partial charge >= 0.3 is 0 Å². The van der Waals surface area contributed by atoms with Crippen LogP contribution in [0.5, 0.6) is 11.5 Å². The molecule has 1 aliphatic rings. The molecule has 0 radical (unpaired) electrons. The van der Waals surface area contributed by atoms with E-state index in [1.54, 1.807) is 38.5 Å². The first-order chi connectivity index (χ1) is 14.5. The zero-order valence-corrected chi connectivity index (χ0v) is 17.6. The Hall–Kier alpha value is -3.58. The maximum atomic E-state index is 13.4. The number of nitrogens with one attached hydrogen (secondary N) is 1. The van der Waals surface area contributed by atoms with Crippen molar-refractivity contribution in [3.8, 4) is 11.5 Å². The van der Waals surface area contributed by atoms with Crippen molar-refractivity contribution in [2.45, 2.75) is 6.92 Å². The van der Waals surface area contributed by atoms with E-state index in [1.165, 1.54) is 16.2 Å². The van der Waals surface area contributed by atoms with Gasteiger partial charge in [0.1, 0.15) is 5.70 Å². The molecule has 3 aromatic rings. The van der Waals surface area contributed by atoms with Crippen LogP contribution < -0.4 is 19.7 Å². The molecule has 0 fully saturated rings. The lowest BCUT2D eigenvalue weighted by atomic mass is 10.1. The summed E-state index contributed by atoms with van der Waals surface area (Å²) in [6.07, 6.45) is 0. The lowest BCUT2D eigenvalue weighted by Gasteiger charge is -2.17. The molecule has 0 spiro atoms. The second kappa shape index (κ2) is 8.04. The van der Waals surface area contributed by atoms with Gasteiger partial charge in [-0.1, -0.05) is 24.3 Å². The van der Waals surface area contributed by atoms with Crippen molar-refractivity contribution in [1.82, 2.24) is 0 Å². The molecule has 0 bridgehead atoms. The van der Waals surface area contributed by atoms with Gasteiger partial charge in [0, 0.05) is 16.6 Å². The summed E-state index contributed by atoms with van der Waals surface area (Å²) in [7, 11) is 3.10. The van der Waals surface area contributed by atoms with E-state index in [4.69, 9.17) is 9.47 Å². The van der Waals surface area contributed by atoms with Gasteiger partial charge in [-0.3, -0.25) is 9.59 Å². The van der Waals surface area contributed by atoms with E-state index < -0.39 is 5.91 Å². The number of anilines is 2. The van der Waals surface area contributed by atoms with Crippen LogP contribution in [0.2, 0.25) is 0 Å². The van der Waals surface area contributed by atoms with Crippen LogP contribution in [0.15, 0.2) is 65.7 Å². The molecule has 1 aromatic heterocycles. The molecule has 2 aromatic carbocycles. The Kier molecular flexibility index (Phi) is 5.29. The zero-order valence-electron chi connectivity index (χ0n) is 16.8. The van der Waals surface area contributed by atoms with Crippen molar-refractivity contribution < 1.29 is 19.1 Å². The Morgan fingerprint density at radius 3 is 2.33 bits per heavy atom. The van der Waals surface area contributed by atoms with Gasteiger partial charge in [-0.25, -0.2) is 4.90 Å². The van der Waals surface area contributed by atoms with Crippen LogP contribution in [-0.4, -0.2) is 26.0 Å². The van der Waals surface area contributed by atoms with Crippen LogP contribution in [0.1, 0.15) is 10.4 Å². The zero-order chi connectivity index (χ0) is 21.3. The Balaban J connectivity index is 1.79. The molecule has 0 saturated carbocycles. The number of methoxy groups -OCH3 is 2. The molecule has 2 heterocycles. The Labute approximate surface area is 178 Å². The van der Waals surface area contributed by atoms with Crippen LogP contribution in [0.4, 0.5) is 11.4 Å². The van der Waals surface area contributed by atoms with Crippen LogP contribution in [0, 0.1) is 6.92 Å². The topological polar surface area (TPSA) is 67.9 Å². The van der Waals surface area contributed by atoms with Crippen molar-refractivity contribution in [3.05, 3.63) is 76.1 Å². The summed E-state index contributed by atoms with van der Waals surface area (Å²) in [5.41, 5.74) is 2.62. The number of carbonyl (C=O) groups excluding carboxylic acids is 2. The average molecular weight is 420 g/mol. The molecule has 0 atom stereocenters. The standard InChI is InChI=1S/C23H20N2O4S/c1-14-7-4-5-8-16(14)25-22(26)20(19-9-6-12-30-19)21(23(25)27)24-15-10-11-17(28-2)18(13-15)29-3/h4-13,24H,1-3H3. The van der Waals surface area contributed by atoms with Crippen LogP contribution in [0.3, 0.4) is 0 Å². The highest BCUT2D eigenvalue weighted by molar-refractivity contribution is 7.11. The minimum atomic E-state index is -0.396. The third-order valence-corrected chi connectivity index (χ3v) is 5.75. The van der Waals surface area contributed by atoms with Crippen molar-refractivity contribution in [1.29, 1.82) is 0 Å². The largest absolute Gasteiger partial charge is 0.493 e. The maximum Gasteiger partial charge on any atom is 0.282 e. The summed E-state index contributed by atoms with van der Waals surface area (Å²) in [5.74, 6) is 0.353. The summed E-state index contributed by atoms with van der Waals surface area (Å²) in [6.45, 7) is 1.88. The second-order valence-electron chi connectivity index (χ2n) is 6.65. The van der Waals surface area contributed by atoms with Crippen LogP contribution in [0.25, 0.3) is 5.57 Å². The average Bonchev–Trinajstić information content (AvgIpc) is 3.36. The van der Waals surface area contributed by atoms with Crippen molar-refractivity contribution >= 4 is 40.1 Å². The highest BCUT2D eigenvalue weighted by Crippen LogP contribution is 2.37. The number of amides is 2. The van der Waals surface area contributed by atoms with Gasteiger partial charge in [0.05, 0.1) is 25.5 Å². The van der Waals surface area contributed by atoms with E-state index in [9.17, 15) is 9.59 Å². The first-order valence-electron chi connectivity index (χ1n) is 9.26. The molecule has 0 unspecified atom stereocenters. The third-order valence-electron chi connectivity index (χ3n) is 4.86. The highest BCUT2D eigenvalue weighted by atomic mass is 32.1. The highest BCUT2D eigenvalue weighted by Gasteiger charge is 2.41. The Bertz CT molecular complexity index is 1150. The van der Waals surface area contributed by atoms with E-state index >= 15 is 0 Å². The SMILES string of the molecule is COc1ccc(NC2=C(c3cccs3)C(=O)N(c3ccccc3C)C2=O)cc1OC. The van der Waals surface area contributed by atoms with Gasteiger partial charge in [-0.05, 0) is 42.1 Å². The van der Waals surface area contributed by atoms with Crippen LogP contribution >= 0.6 is 11.3 Å². The molecule has 4 rings (SSSR count). The maximum absolute atomic E-state index is 13.4. The lowest BCUT2D eigenvalue weighted by molar-refractivity contribution is -0.120. The van der Waals surface area contributed by atoms with E-state index in [-0.39, 0.29) is 11.6 Å². The molecule has 1 N–H and O–H groups in total. The number of carbonyl (C=O) groups is 2. The van der Waals surface area contributed by atoms with Gasteiger partial charge in [0.15, 0.2) is 11.5 Å². The number of nitrogens with zero attached hydrogens (tertiary/aromatic N) is 1. The molecule has 152 valence electrons. The van der Waals surface area contributed by atoms with Crippen molar-refractivity contribution in [2.75, 3.05) is 24.4 Å². The lowest BCUT2D eigenvalue weighted by Crippen LogP contribution is -2.32. The van der Waals surface area contributed by atoms with Crippen molar-refractivity contribution in [2.24, 2.45) is 0 Å². The smallest absolute Gasteiger partial charge is 0.282 e. The molecule has 7 heteroatoms. The van der Waals surface area contributed by atoms with E-state index in [1.807, 2.05) is 42.6 Å². The number of hydrogen-bond acceptors (Lipinski definition) is 6. The number of imide groups is 1. The van der Waals surface area contributed by atoms with Crippen molar-refractivity contribution in [3.63, 3.8) is 0 Å². The molecular formula is C23H20N2O4S. The molecule has 30 heavy (non-hydrogen) atoms. The number of thiophene rings is 1. The predicted octanol–water partition coefficient (Wildman–Crippen LogP) is 4.47. The first kappa shape index (κ1) is 19.7. The first-order valence-corrected chi connectivity index (χ1v) is 10.1. The van der Waals surface area contributed by atoms with E-state index in [0.717, 1.165) is 10.4 Å². The molecule has 2 amide bonds. The Morgan fingerprint density at radius 2 is 1.67 bits per heavy atom. The Morgan fingerprint density at radius 1 is 0.900 bits per heavy atom. The molecule has 1 aliphatic heterocycles. The molecule has 0 saturated heterocycles. The quantitative estimate of drug-likeness (QED) is 0.596. The molecule has 0 aliphatic carbocycles. The monoisotopic (exact) mass is 420 g/mol. The number of ether oxygens (including phenoxy) is 2. The number of hydrogen-bond donors (Lipinski definition) is 1. The summed E-state index contributed by atoms with van der Waals surface area (Å²) in [4.78, 5) is 28.7. The minimum Gasteiger partial charge on any atom is -0.493 e. The summed E-state index contributed by atoms with van der Waals surface area (Å²) >= 11 is 1.41. The van der Waals surface area contributed by atoms with Gasteiger partial charge in [-0.15, -0.1) is 11.3 Å². The van der Waals surface area contributed by atoms with E-state index in [0.29, 0.717) is 28.4 Å². The third kappa shape index (κ3) is 3.33. The molecular weight excluding hydrogens is 400 g/mol. The number of rotatable bonds is 6. The summed E-state index contributed by atoms with van der Waals surface area (Å²) in [6, 6.07) is 16.3. The van der Waals surface area contributed by atoms with Gasteiger partial charge in [-0.2, -0.15) is 0 Å². The van der Waals surface area contributed by atoms with Gasteiger partial charge < -0.3 is 14.8 Å². The van der Waals surface area contributed by atoms with Gasteiger partial charge in [0.25, 0.3) is 11.8 Å². The number of benzene rings is 2. The predicted molar refractivity (Wildman–Crippen MR) is 118 cm³/mol. The number of para-hydroxylation sites is 1. The minimum absolute atomic E-state index is 0.234. The summed E-state index contributed by atoms with van der Waals surface area (Å²) in [5, 5.41) is 5.02. The summed E-state index contributed by atoms with van der Waals surface area (Å²) < 4.78 is 10.6. The fourth-order valence-electron chi connectivity index (χ4n) is 3.39. The van der Waals surface area contributed by atoms with Crippen LogP contribution in [-0.2, 0) is 9.59 Å². The second-order valence-corrected chi connectivity index (χ2v) is 7.60.